The van der Waals surface area contributed by atoms with Crippen LogP contribution in [0.2, 0.25) is 0 Å². The maximum Gasteiger partial charge on any atom is 0.0499 e. The summed E-state index contributed by atoms with van der Waals surface area (Å²) in [4.78, 5) is 3.31. The highest BCUT2D eigenvalue weighted by atomic mass is 14.9. The number of para-hydroxylation sites is 1. The highest BCUT2D eigenvalue weighted by Gasteiger charge is 2.16. The predicted octanol–water partition coefficient (Wildman–Crippen LogP) is 3.06. The Hall–Kier alpha value is -1.28. The van der Waals surface area contributed by atoms with Gasteiger partial charge in [0.1, 0.15) is 0 Å². The number of aromatic amines is 1. The van der Waals surface area contributed by atoms with Gasteiger partial charge in [0, 0.05) is 18.3 Å². The molecule has 0 amide bonds. The third-order valence-corrected chi connectivity index (χ3v) is 3.65. The molecule has 1 aromatic heterocycles. The van der Waals surface area contributed by atoms with E-state index in [1.807, 2.05) is 6.20 Å². The summed E-state index contributed by atoms with van der Waals surface area (Å²) in [6.45, 7) is 2.16. The molecule has 0 aliphatic heterocycles. The molecular weight excluding hydrogens is 196 g/mol. The smallest absolute Gasteiger partial charge is 0.0499 e. The number of nitrogens with one attached hydrogen (secondary N) is 2. The minimum atomic E-state index is 0.933. The third-order valence-electron chi connectivity index (χ3n) is 3.65. The normalized spacial score (nSPS) is 16.5. The van der Waals surface area contributed by atoms with Gasteiger partial charge >= 0.3 is 0 Å². The van der Waals surface area contributed by atoms with E-state index in [-0.39, 0.29) is 0 Å². The van der Waals surface area contributed by atoms with Crippen LogP contribution < -0.4 is 5.32 Å². The van der Waals surface area contributed by atoms with E-state index in [0.717, 1.165) is 12.5 Å². The lowest BCUT2D eigenvalue weighted by Gasteiger charge is -2.25. The second-order valence-corrected chi connectivity index (χ2v) is 4.79. The minimum absolute atomic E-state index is 0.933. The summed E-state index contributed by atoms with van der Waals surface area (Å²) in [5, 5.41) is 4.87. The molecule has 0 unspecified atom stereocenters. The Bertz CT molecular complexity index is 468. The van der Waals surface area contributed by atoms with E-state index in [9.17, 15) is 0 Å². The second-order valence-electron chi connectivity index (χ2n) is 4.79. The number of fused-ring (bicyclic) bond motifs is 1. The van der Waals surface area contributed by atoms with Crippen LogP contribution in [0, 0.1) is 5.92 Å². The Balaban J connectivity index is 1.66. The van der Waals surface area contributed by atoms with Crippen molar-refractivity contribution in [2.75, 3.05) is 6.54 Å². The lowest BCUT2D eigenvalue weighted by atomic mass is 9.85. The van der Waals surface area contributed by atoms with Crippen molar-refractivity contribution in [1.29, 1.82) is 0 Å². The summed E-state index contributed by atoms with van der Waals surface area (Å²) in [7, 11) is 0. The van der Waals surface area contributed by atoms with Crippen molar-refractivity contribution in [3.05, 3.63) is 36.0 Å². The number of hydrogen-bond donors (Lipinski definition) is 2. The van der Waals surface area contributed by atoms with Crippen molar-refractivity contribution in [1.82, 2.24) is 10.3 Å². The fraction of sp³-hybridized carbons (Fsp3) is 0.429. The van der Waals surface area contributed by atoms with Crippen LogP contribution in [0.4, 0.5) is 0 Å². The monoisotopic (exact) mass is 214 g/mol. The van der Waals surface area contributed by atoms with Gasteiger partial charge in [0.25, 0.3) is 0 Å². The lowest BCUT2D eigenvalue weighted by Crippen LogP contribution is -2.26. The summed E-state index contributed by atoms with van der Waals surface area (Å²) >= 11 is 0. The molecule has 2 heteroatoms. The molecule has 1 heterocycles. The highest BCUT2D eigenvalue weighted by Crippen LogP contribution is 2.25. The van der Waals surface area contributed by atoms with Gasteiger partial charge in [-0.2, -0.15) is 0 Å². The number of aromatic nitrogens is 1. The van der Waals surface area contributed by atoms with E-state index < -0.39 is 0 Å². The molecule has 2 nitrogen and oxygen atoms in total. The van der Waals surface area contributed by atoms with Crippen molar-refractivity contribution in [2.45, 2.75) is 25.8 Å². The average Bonchev–Trinajstić information content (AvgIpc) is 2.70. The average molecular weight is 214 g/mol. The number of H-pyrrole nitrogens is 1. The first-order valence-electron chi connectivity index (χ1n) is 6.19. The summed E-state index contributed by atoms with van der Waals surface area (Å²) < 4.78 is 0. The molecule has 1 aliphatic rings. The van der Waals surface area contributed by atoms with Gasteiger partial charge in [-0.05, 0) is 42.3 Å². The Morgan fingerprint density at radius 1 is 1.25 bits per heavy atom. The molecule has 1 aromatic carbocycles. The van der Waals surface area contributed by atoms with Gasteiger partial charge in [0.15, 0.2) is 0 Å². The summed E-state index contributed by atoms with van der Waals surface area (Å²) in [6.07, 6.45) is 6.28. The Kier molecular flexibility index (Phi) is 2.66. The maximum atomic E-state index is 3.57. The van der Waals surface area contributed by atoms with Crippen LogP contribution in [0.1, 0.15) is 24.8 Å². The second kappa shape index (κ2) is 4.30. The Morgan fingerprint density at radius 3 is 3.00 bits per heavy atom. The molecule has 0 radical (unpaired) electrons. The topological polar surface area (TPSA) is 27.8 Å². The van der Waals surface area contributed by atoms with E-state index in [0.29, 0.717) is 0 Å². The van der Waals surface area contributed by atoms with Crippen LogP contribution in [0.3, 0.4) is 0 Å². The van der Waals surface area contributed by atoms with Gasteiger partial charge < -0.3 is 10.3 Å². The molecule has 0 spiro atoms. The van der Waals surface area contributed by atoms with Crippen LogP contribution in [-0.2, 0) is 6.54 Å². The minimum Gasteiger partial charge on any atom is -0.361 e. The summed E-state index contributed by atoms with van der Waals surface area (Å²) in [5.74, 6) is 0.933. The quantitative estimate of drug-likeness (QED) is 0.804. The van der Waals surface area contributed by atoms with Crippen molar-refractivity contribution in [2.24, 2.45) is 5.92 Å². The zero-order chi connectivity index (χ0) is 10.8. The van der Waals surface area contributed by atoms with E-state index in [2.05, 4.69) is 34.6 Å². The molecular formula is C14H18N2. The van der Waals surface area contributed by atoms with Gasteiger partial charge in [0.2, 0.25) is 0 Å². The maximum absolute atomic E-state index is 3.57. The molecule has 1 fully saturated rings. The van der Waals surface area contributed by atoms with Crippen molar-refractivity contribution < 1.29 is 0 Å². The van der Waals surface area contributed by atoms with E-state index in [4.69, 9.17) is 0 Å². The molecule has 0 atom stereocenters. The van der Waals surface area contributed by atoms with Crippen LogP contribution in [0.5, 0.6) is 0 Å². The fourth-order valence-corrected chi connectivity index (χ4v) is 2.40. The van der Waals surface area contributed by atoms with Crippen LogP contribution in [0.15, 0.2) is 30.5 Å². The Labute approximate surface area is 96.1 Å². The SMILES string of the molecule is c1cc(CNCC2CCC2)c2[nH]ccc2c1. The van der Waals surface area contributed by atoms with Gasteiger partial charge in [-0.3, -0.25) is 0 Å². The molecule has 2 N–H and O–H groups in total. The van der Waals surface area contributed by atoms with Crippen molar-refractivity contribution in [3.8, 4) is 0 Å². The summed E-state index contributed by atoms with van der Waals surface area (Å²) in [5.41, 5.74) is 2.66. The Morgan fingerprint density at radius 2 is 2.19 bits per heavy atom. The first-order chi connectivity index (χ1) is 7.93. The van der Waals surface area contributed by atoms with Crippen LogP contribution in [0.25, 0.3) is 10.9 Å². The third kappa shape index (κ3) is 1.85. The van der Waals surface area contributed by atoms with Gasteiger partial charge in [-0.1, -0.05) is 24.6 Å². The predicted molar refractivity (Wildman–Crippen MR) is 67.3 cm³/mol. The van der Waals surface area contributed by atoms with Crippen LogP contribution in [-0.4, -0.2) is 11.5 Å². The molecule has 0 saturated heterocycles. The van der Waals surface area contributed by atoms with Gasteiger partial charge in [-0.25, -0.2) is 0 Å². The molecule has 2 aromatic rings. The van der Waals surface area contributed by atoms with E-state index >= 15 is 0 Å². The fourth-order valence-electron chi connectivity index (χ4n) is 2.40. The zero-order valence-electron chi connectivity index (χ0n) is 9.50. The molecule has 3 rings (SSSR count). The molecule has 84 valence electrons. The first kappa shape index (κ1) is 9.91. The van der Waals surface area contributed by atoms with Gasteiger partial charge in [0.05, 0.1) is 0 Å². The van der Waals surface area contributed by atoms with E-state index in [1.165, 1.54) is 42.3 Å². The standard InChI is InChI=1S/C14H18N2/c1-3-11(4-1)9-15-10-13-6-2-5-12-7-8-16-14(12)13/h2,5-8,11,15-16H,1,3-4,9-10H2. The highest BCUT2D eigenvalue weighted by molar-refractivity contribution is 5.82. The van der Waals surface area contributed by atoms with Crippen molar-refractivity contribution >= 4 is 10.9 Å². The van der Waals surface area contributed by atoms with Gasteiger partial charge in [-0.15, -0.1) is 0 Å². The molecule has 1 saturated carbocycles. The first-order valence-corrected chi connectivity index (χ1v) is 6.19. The van der Waals surface area contributed by atoms with E-state index in [1.54, 1.807) is 0 Å². The number of hydrogen-bond acceptors (Lipinski definition) is 1. The molecule has 0 bridgehead atoms. The molecule has 1 aliphatic carbocycles. The summed E-state index contributed by atoms with van der Waals surface area (Å²) in [6, 6.07) is 8.62. The zero-order valence-corrected chi connectivity index (χ0v) is 9.50. The van der Waals surface area contributed by atoms with Crippen LogP contribution >= 0.6 is 0 Å². The van der Waals surface area contributed by atoms with Crippen molar-refractivity contribution in [3.63, 3.8) is 0 Å². The molecule has 16 heavy (non-hydrogen) atoms. The lowest BCUT2D eigenvalue weighted by molar-refractivity contribution is 0.301. The number of benzene rings is 1. The number of rotatable bonds is 4. The largest absolute Gasteiger partial charge is 0.361 e.